The number of carbonyl (C=O) groups excluding carboxylic acids is 2. The third kappa shape index (κ3) is 12.6. The van der Waals surface area contributed by atoms with Gasteiger partial charge in [0.15, 0.2) is 11.5 Å². The molecule has 0 saturated heterocycles. The fraction of sp³-hybridized carbons (Fsp3) is 0.600. The average Bonchev–Trinajstić information content (AvgIpc) is 3.55. The minimum absolute atomic E-state index is 0.0476. The summed E-state index contributed by atoms with van der Waals surface area (Å²) in [6.45, 7) is 2.16. The van der Waals surface area contributed by atoms with E-state index in [1.807, 2.05) is 24.3 Å². The van der Waals surface area contributed by atoms with E-state index in [-0.39, 0.29) is 18.2 Å². The monoisotopic (exact) mass is 484 g/mol. The van der Waals surface area contributed by atoms with E-state index in [4.69, 9.17) is 9.15 Å². The van der Waals surface area contributed by atoms with Crippen molar-refractivity contribution in [1.29, 1.82) is 0 Å². The Kier molecular flexibility index (Phi) is 14.6. The molecule has 194 valence electrons. The number of ketones is 1. The largest absolute Gasteiger partial charge is 0.512 e. The number of furan rings is 1. The highest BCUT2D eigenvalue weighted by Crippen LogP contribution is 2.19. The van der Waals surface area contributed by atoms with Crippen molar-refractivity contribution in [2.24, 2.45) is 0 Å². The maximum Gasteiger partial charge on any atom is 0.306 e. The van der Waals surface area contributed by atoms with Crippen molar-refractivity contribution in [3.05, 3.63) is 59.3 Å². The van der Waals surface area contributed by atoms with E-state index in [1.165, 1.54) is 57.8 Å². The fourth-order valence-corrected chi connectivity index (χ4v) is 4.30. The van der Waals surface area contributed by atoms with Crippen LogP contribution in [0.1, 0.15) is 120 Å². The summed E-state index contributed by atoms with van der Waals surface area (Å²) in [5, 5.41) is 10.00. The van der Waals surface area contributed by atoms with Crippen molar-refractivity contribution in [2.75, 3.05) is 6.61 Å². The Labute approximate surface area is 211 Å². The number of aryl methyl sites for hydroxylation is 1. The highest BCUT2D eigenvalue weighted by atomic mass is 16.5. The number of hydrogen-bond acceptors (Lipinski definition) is 5. The van der Waals surface area contributed by atoms with E-state index in [1.54, 1.807) is 19.1 Å². The maximum atomic E-state index is 12.3. The van der Waals surface area contributed by atoms with E-state index < -0.39 is 0 Å². The first-order valence-corrected chi connectivity index (χ1v) is 13.6. The van der Waals surface area contributed by atoms with Crippen LogP contribution in [0.5, 0.6) is 0 Å². The summed E-state index contributed by atoms with van der Waals surface area (Å²) in [5.41, 5.74) is 0.965. The van der Waals surface area contributed by atoms with E-state index in [2.05, 4.69) is 0 Å². The second kappa shape index (κ2) is 17.8. The first-order chi connectivity index (χ1) is 17.1. The van der Waals surface area contributed by atoms with Gasteiger partial charge in [0.1, 0.15) is 5.76 Å². The van der Waals surface area contributed by atoms with Gasteiger partial charge in [-0.25, -0.2) is 0 Å². The molecule has 1 aliphatic rings. The maximum absolute atomic E-state index is 12.3. The smallest absolute Gasteiger partial charge is 0.306 e. The standard InChI is InChI=1S/C30H44O5/c1-2-34-30(33)24-22-26-21-23-29(35-26)28(32)20-14-12-10-8-6-4-3-5-7-9-11-13-19-27(31)25-17-15-16-18-25/h15-18,21,23,31H,2-14,19-20,22,24H2,1H3. The Morgan fingerprint density at radius 3 is 1.89 bits per heavy atom. The first-order valence-electron chi connectivity index (χ1n) is 13.6. The molecule has 0 saturated carbocycles. The number of hydrogen-bond donors (Lipinski definition) is 1. The summed E-state index contributed by atoms with van der Waals surface area (Å²) < 4.78 is 10.5. The number of allylic oxidation sites excluding steroid dienone is 6. The van der Waals surface area contributed by atoms with E-state index >= 15 is 0 Å². The molecular formula is C30H44O5. The number of unbranched alkanes of at least 4 members (excludes halogenated alkanes) is 11. The Bertz CT molecular complexity index is 829. The second-order valence-corrected chi connectivity index (χ2v) is 9.36. The summed E-state index contributed by atoms with van der Waals surface area (Å²) in [4.78, 5) is 23.7. The molecule has 1 N–H and O–H groups in total. The zero-order valence-corrected chi connectivity index (χ0v) is 21.6. The van der Waals surface area contributed by atoms with Crippen molar-refractivity contribution < 1.29 is 23.8 Å². The van der Waals surface area contributed by atoms with Crippen molar-refractivity contribution in [3.8, 4) is 0 Å². The first kappa shape index (κ1) is 28.7. The number of aliphatic hydroxyl groups excluding tert-OH is 1. The highest BCUT2D eigenvalue weighted by Gasteiger charge is 2.12. The lowest BCUT2D eigenvalue weighted by molar-refractivity contribution is -0.143. The van der Waals surface area contributed by atoms with Crippen LogP contribution in [0.2, 0.25) is 0 Å². The molecule has 0 amide bonds. The van der Waals surface area contributed by atoms with E-state index in [0.717, 1.165) is 31.3 Å². The summed E-state index contributed by atoms with van der Waals surface area (Å²) in [6.07, 6.45) is 24.3. The average molecular weight is 485 g/mol. The number of ether oxygens (including phenoxy) is 1. The molecule has 0 fully saturated rings. The van der Waals surface area contributed by atoms with Gasteiger partial charge in [0.05, 0.1) is 18.8 Å². The molecule has 0 aromatic carbocycles. The second-order valence-electron chi connectivity index (χ2n) is 9.36. The SMILES string of the molecule is CCOC(=O)CCc1ccc(C(=O)CCCCCCCCCCCCCCC(O)=C2C=CC=C2)o1. The molecule has 5 heteroatoms. The van der Waals surface area contributed by atoms with Crippen LogP contribution in [-0.2, 0) is 16.0 Å². The van der Waals surface area contributed by atoms with Gasteiger partial charge in [-0.2, -0.15) is 0 Å². The lowest BCUT2D eigenvalue weighted by Gasteiger charge is -2.04. The predicted molar refractivity (Wildman–Crippen MR) is 141 cm³/mol. The van der Waals surface area contributed by atoms with Gasteiger partial charge in [-0.15, -0.1) is 0 Å². The molecular weight excluding hydrogens is 440 g/mol. The fourth-order valence-electron chi connectivity index (χ4n) is 4.30. The summed E-state index contributed by atoms with van der Waals surface area (Å²) in [5.74, 6) is 1.39. The van der Waals surface area contributed by atoms with Crippen molar-refractivity contribution in [3.63, 3.8) is 0 Å². The molecule has 35 heavy (non-hydrogen) atoms. The minimum atomic E-state index is -0.242. The van der Waals surface area contributed by atoms with Gasteiger partial charge in [0, 0.05) is 24.8 Å². The molecule has 0 unspecified atom stereocenters. The number of esters is 1. The molecule has 0 atom stereocenters. The summed E-state index contributed by atoms with van der Waals surface area (Å²) in [6, 6.07) is 3.50. The van der Waals surface area contributed by atoms with Crippen LogP contribution in [0.25, 0.3) is 0 Å². The molecule has 1 heterocycles. The van der Waals surface area contributed by atoms with Gasteiger partial charge in [0.2, 0.25) is 0 Å². The minimum Gasteiger partial charge on any atom is -0.512 e. The zero-order valence-electron chi connectivity index (χ0n) is 21.6. The molecule has 1 aromatic heterocycles. The summed E-state index contributed by atoms with van der Waals surface area (Å²) >= 11 is 0. The quantitative estimate of drug-likeness (QED) is 0.0870. The Morgan fingerprint density at radius 1 is 0.771 bits per heavy atom. The van der Waals surface area contributed by atoms with Crippen LogP contribution < -0.4 is 0 Å². The van der Waals surface area contributed by atoms with Crippen LogP contribution in [0.3, 0.4) is 0 Å². The number of rotatable bonds is 20. The van der Waals surface area contributed by atoms with Gasteiger partial charge >= 0.3 is 5.97 Å². The van der Waals surface area contributed by atoms with E-state index in [0.29, 0.717) is 36.7 Å². The molecule has 5 nitrogen and oxygen atoms in total. The molecule has 2 rings (SSSR count). The van der Waals surface area contributed by atoms with Gasteiger partial charge in [-0.1, -0.05) is 88.5 Å². The third-order valence-corrected chi connectivity index (χ3v) is 6.38. The van der Waals surface area contributed by atoms with Gasteiger partial charge in [-0.3, -0.25) is 9.59 Å². The van der Waals surface area contributed by atoms with Gasteiger partial charge in [0.25, 0.3) is 0 Å². The topological polar surface area (TPSA) is 76.7 Å². The van der Waals surface area contributed by atoms with Crippen LogP contribution >= 0.6 is 0 Å². The molecule has 0 spiro atoms. The van der Waals surface area contributed by atoms with Crippen LogP contribution in [0.4, 0.5) is 0 Å². The zero-order chi connectivity index (χ0) is 25.1. The van der Waals surface area contributed by atoms with Crippen molar-refractivity contribution in [2.45, 2.75) is 110 Å². The molecule has 0 radical (unpaired) electrons. The normalized spacial score (nSPS) is 12.4. The van der Waals surface area contributed by atoms with Crippen molar-refractivity contribution >= 4 is 11.8 Å². The lowest BCUT2D eigenvalue weighted by Crippen LogP contribution is -2.04. The van der Waals surface area contributed by atoms with Gasteiger partial charge < -0.3 is 14.3 Å². The van der Waals surface area contributed by atoms with E-state index in [9.17, 15) is 14.7 Å². The molecule has 0 aliphatic heterocycles. The number of carbonyl (C=O) groups is 2. The number of Topliss-reactive ketones (excluding diaryl/α,β-unsaturated/α-hetero) is 1. The Morgan fingerprint density at radius 2 is 1.31 bits per heavy atom. The van der Waals surface area contributed by atoms with Crippen molar-refractivity contribution in [1.82, 2.24) is 0 Å². The number of aliphatic hydroxyl groups is 1. The Hall–Kier alpha value is -2.56. The lowest BCUT2D eigenvalue weighted by atomic mass is 10.0. The van der Waals surface area contributed by atoms with Crippen LogP contribution in [0.15, 0.2) is 52.2 Å². The third-order valence-electron chi connectivity index (χ3n) is 6.38. The van der Waals surface area contributed by atoms with Gasteiger partial charge in [-0.05, 0) is 31.9 Å². The Balaban J connectivity index is 1.37. The predicted octanol–water partition coefficient (Wildman–Crippen LogP) is 8.36. The van der Waals surface area contributed by atoms with Crippen LogP contribution in [-0.4, -0.2) is 23.5 Å². The molecule has 1 aliphatic carbocycles. The molecule has 0 bridgehead atoms. The van der Waals surface area contributed by atoms with Crippen LogP contribution in [0, 0.1) is 0 Å². The highest BCUT2D eigenvalue weighted by molar-refractivity contribution is 5.93. The molecule has 1 aromatic rings. The summed E-state index contributed by atoms with van der Waals surface area (Å²) in [7, 11) is 0.